The molecule has 0 spiro atoms. The maximum Gasteiger partial charge on any atom is 0.151 e. The van der Waals surface area contributed by atoms with Crippen molar-refractivity contribution >= 4 is 50.9 Å². The molecule has 0 aliphatic carbocycles. The van der Waals surface area contributed by atoms with E-state index in [1.54, 1.807) is 6.07 Å². The first-order valence-electron chi connectivity index (χ1n) is 3.97. The summed E-state index contributed by atoms with van der Waals surface area (Å²) in [5.74, 6) is 0.407. The minimum absolute atomic E-state index is 0.407. The predicted octanol–water partition coefficient (Wildman–Crippen LogP) is 4.11. The van der Waals surface area contributed by atoms with Gasteiger partial charge in [-0.2, -0.15) is 0 Å². The number of thiophene rings is 1. The molecule has 0 aliphatic rings. The summed E-state index contributed by atoms with van der Waals surface area (Å²) in [6, 6.07) is 5.61. The van der Waals surface area contributed by atoms with E-state index in [-0.39, 0.29) is 0 Å². The zero-order valence-corrected chi connectivity index (χ0v) is 9.42. The molecule has 2 rings (SSSR count). The van der Waals surface area contributed by atoms with Crippen molar-refractivity contribution < 1.29 is 4.79 Å². The lowest BCUT2D eigenvalue weighted by Crippen LogP contribution is -1.84. The van der Waals surface area contributed by atoms with Crippen LogP contribution in [-0.4, -0.2) is 6.29 Å². The molecule has 0 unspecified atom stereocenters. The molecule has 0 bridgehead atoms. The molecular weight excluding hydrogens is 239 g/mol. The topological polar surface area (TPSA) is 17.1 Å². The third-order valence-corrected chi connectivity index (χ3v) is 3.59. The highest BCUT2D eigenvalue weighted by Gasteiger charge is 2.06. The SMILES string of the molecule is O=Cc1cc(CCl)cc2cc(Cl)sc12. The molecule has 0 N–H and O–H groups in total. The lowest BCUT2D eigenvalue weighted by Gasteiger charge is -1.98. The van der Waals surface area contributed by atoms with Crippen LogP contribution >= 0.6 is 34.5 Å². The summed E-state index contributed by atoms with van der Waals surface area (Å²) in [7, 11) is 0. The van der Waals surface area contributed by atoms with E-state index < -0.39 is 0 Å². The van der Waals surface area contributed by atoms with Gasteiger partial charge >= 0.3 is 0 Å². The van der Waals surface area contributed by atoms with Crippen LogP contribution in [0.5, 0.6) is 0 Å². The Morgan fingerprint density at radius 3 is 2.79 bits per heavy atom. The number of aldehydes is 1. The number of hydrogen-bond donors (Lipinski definition) is 0. The van der Waals surface area contributed by atoms with E-state index in [1.165, 1.54) is 11.3 Å². The van der Waals surface area contributed by atoms with Gasteiger partial charge in [-0.05, 0) is 29.1 Å². The molecule has 2 aromatic rings. The second-order valence-electron chi connectivity index (χ2n) is 2.91. The minimum Gasteiger partial charge on any atom is -0.298 e. The molecule has 0 atom stereocenters. The lowest BCUT2D eigenvalue weighted by molar-refractivity contribution is 0.112. The molecule has 0 saturated carbocycles. The minimum atomic E-state index is 0.407. The summed E-state index contributed by atoms with van der Waals surface area (Å²) < 4.78 is 1.62. The molecule has 4 heteroatoms. The Morgan fingerprint density at radius 1 is 1.36 bits per heavy atom. The number of halogens is 2. The van der Waals surface area contributed by atoms with E-state index in [0.717, 1.165) is 21.9 Å². The zero-order valence-electron chi connectivity index (χ0n) is 7.09. The lowest BCUT2D eigenvalue weighted by atomic mass is 10.1. The third-order valence-electron chi connectivity index (χ3n) is 1.96. The Balaban J connectivity index is 2.78. The van der Waals surface area contributed by atoms with Crippen molar-refractivity contribution in [3.8, 4) is 0 Å². The van der Waals surface area contributed by atoms with E-state index in [4.69, 9.17) is 23.2 Å². The highest BCUT2D eigenvalue weighted by Crippen LogP contribution is 2.32. The van der Waals surface area contributed by atoms with Gasteiger partial charge in [0.1, 0.15) is 0 Å². The maximum absolute atomic E-state index is 10.8. The molecule has 14 heavy (non-hydrogen) atoms. The summed E-state index contributed by atoms with van der Waals surface area (Å²) in [5.41, 5.74) is 1.60. The Labute approximate surface area is 95.3 Å². The van der Waals surface area contributed by atoms with Gasteiger partial charge in [-0.25, -0.2) is 0 Å². The summed E-state index contributed by atoms with van der Waals surface area (Å²) in [4.78, 5) is 10.8. The smallest absolute Gasteiger partial charge is 0.151 e. The van der Waals surface area contributed by atoms with E-state index in [9.17, 15) is 4.79 Å². The standard InChI is InChI=1S/C10H6Cl2OS/c11-4-6-1-7-3-9(12)14-10(7)8(2-6)5-13/h1-3,5H,4H2. The first kappa shape index (κ1) is 9.97. The molecule has 0 radical (unpaired) electrons. The number of benzene rings is 1. The summed E-state index contributed by atoms with van der Waals surface area (Å²) in [6.07, 6.45) is 0.839. The van der Waals surface area contributed by atoms with Gasteiger partial charge in [-0.15, -0.1) is 22.9 Å². The van der Waals surface area contributed by atoms with Crippen LogP contribution in [0.15, 0.2) is 18.2 Å². The van der Waals surface area contributed by atoms with Crippen molar-refractivity contribution in [2.24, 2.45) is 0 Å². The fourth-order valence-corrected chi connectivity index (χ4v) is 2.72. The average molecular weight is 245 g/mol. The Hall–Kier alpha value is -0.570. The predicted molar refractivity (Wildman–Crippen MR) is 61.8 cm³/mol. The molecule has 0 saturated heterocycles. The van der Waals surface area contributed by atoms with Gasteiger partial charge < -0.3 is 0 Å². The van der Waals surface area contributed by atoms with Gasteiger partial charge in [0.05, 0.1) is 4.34 Å². The fraction of sp³-hybridized carbons (Fsp3) is 0.100. The number of rotatable bonds is 2. The molecule has 0 amide bonds. The first-order valence-corrected chi connectivity index (χ1v) is 5.70. The number of alkyl halides is 1. The summed E-state index contributed by atoms with van der Waals surface area (Å²) >= 11 is 13.0. The van der Waals surface area contributed by atoms with Crippen LogP contribution in [0.25, 0.3) is 10.1 Å². The van der Waals surface area contributed by atoms with Crippen LogP contribution in [0.4, 0.5) is 0 Å². The highest BCUT2D eigenvalue weighted by molar-refractivity contribution is 7.23. The normalized spacial score (nSPS) is 10.7. The van der Waals surface area contributed by atoms with E-state index in [2.05, 4.69) is 0 Å². The maximum atomic E-state index is 10.8. The number of hydrogen-bond acceptors (Lipinski definition) is 2. The molecule has 1 nitrogen and oxygen atoms in total. The molecule has 1 aromatic heterocycles. The molecule has 72 valence electrons. The first-order chi connectivity index (χ1) is 6.74. The van der Waals surface area contributed by atoms with Crippen molar-refractivity contribution in [2.75, 3.05) is 0 Å². The van der Waals surface area contributed by atoms with Crippen LogP contribution in [0.2, 0.25) is 4.34 Å². The largest absolute Gasteiger partial charge is 0.298 e. The van der Waals surface area contributed by atoms with Crippen LogP contribution in [0, 0.1) is 0 Å². The summed E-state index contributed by atoms with van der Waals surface area (Å²) in [5, 5.41) is 0.986. The van der Waals surface area contributed by atoms with Gasteiger partial charge in [-0.3, -0.25) is 4.79 Å². The monoisotopic (exact) mass is 244 g/mol. The molecule has 1 aromatic carbocycles. The van der Waals surface area contributed by atoms with Crippen LogP contribution in [0.1, 0.15) is 15.9 Å². The van der Waals surface area contributed by atoms with Gasteiger partial charge in [0, 0.05) is 16.1 Å². The molecule has 1 heterocycles. The number of carbonyl (C=O) groups excluding carboxylic acids is 1. The van der Waals surface area contributed by atoms with E-state index >= 15 is 0 Å². The van der Waals surface area contributed by atoms with E-state index in [0.29, 0.717) is 15.8 Å². The van der Waals surface area contributed by atoms with Gasteiger partial charge in [0.2, 0.25) is 0 Å². The molecule has 0 fully saturated rings. The van der Waals surface area contributed by atoms with Crippen molar-refractivity contribution in [3.63, 3.8) is 0 Å². The molecular formula is C10H6Cl2OS. The second kappa shape index (κ2) is 3.89. The average Bonchev–Trinajstić information content (AvgIpc) is 2.56. The van der Waals surface area contributed by atoms with E-state index in [1.807, 2.05) is 12.1 Å². The Bertz CT molecular complexity index is 490. The Morgan fingerprint density at radius 2 is 2.14 bits per heavy atom. The second-order valence-corrected chi connectivity index (χ2v) is 4.86. The molecule has 0 aliphatic heterocycles. The van der Waals surface area contributed by atoms with Crippen molar-refractivity contribution in [1.29, 1.82) is 0 Å². The van der Waals surface area contributed by atoms with Crippen molar-refractivity contribution in [1.82, 2.24) is 0 Å². The highest BCUT2D eigenvalue weighted by atomic mass is 35.5. The van der Waals surface area contributed by atoms with Crippen molar-refractivity contribution in [2.45, 2.75) is 5.88 Å². The Kier molecular flexibility index (Phi) is 2.77. The zero-order chi connectivity index (χ0) is 10.1. The van der Waals surface area contributed by atoms with Crippen LogP contribution < -0.4 is 0 Å². The van der Waals surface area contributed by atoms with Crippen LogP contribution in [-0.2, 0) is 5.88 Å². The quantitative estimate of drug-likeness (QED) is 0.574. The van der Waals surface area contributed by atoms with Gasteiger partial charge in [0.15, 0.2) is 6.29 Å². The van der Waals surface area contributed by atoms with Crippen LogP contribution in [0.3, 0.4) is 0 Å². The third kappa shape index (κ3) is 1.65. The number of fused-ring (bicyclic) bond motifs is 1. The summed E-state index contributed by atoms with van der Waals surface area (Å²) in [6.45, 7) is 0. The fourth-order valence-electron chi connectivity index (χ4n) is 1.38. The number of carbonyl (C=O) groups is 1. The van der Waals surface area contributed by atoms with Gasteiger partial charge in [-0.1, -0.05) is 11.6 Å². The van der Waals surface area contributed by atoms with Gasteiger partial charge in [0.25, 0.3) is 0 Å². The van der Waals surface area contributed by atoms with Crippen molar-refractivity contribution in [3.05, 3.63) is 33.7 Å².